The van der Waals surface area contributed by atoms with Crippen molar-refractivity contribution in [2.45, 2.75) is 6.61 Å². The Bertz CT molecular complexity index is 1250. The van der Waals surface area contributed by atoms with Crippen molar-refractivity contribution in [1.82, 2.24) is 10.7 Å². The van der Waals surface area contributed by atoms with Gasteiger partial charge in [-0.2, -0.15) is 5.10 Å². The number of carbonyl (C=O) groups excluding carboxylic acids is 2. The van der Waals surface area contributed by atoms with Crippen molar-refractivity contribution in [3.63, 3.8) is 0 Å². The average molecular weight is 545 g/mol. The number of ether oxygens (including phenoxy) is 3. The molecule has 0 spiro atoms. The first-order valence-electron chi connectivity index (χ1n) is 10.1. The van der Waals surface area contributed by atoms with Crippen molar-refractivity contribution in [2.75, 3.05) is 13.3 Å². The number of halogens is 2. The minimum absolute atomic E-state index is 0.117. The Balaban J connectivity index is 1.31. The number of amides is 2. The quantitative estimate of drug-likeness (QED) is 0.326. The van der Waals surface area contributed by atoms with E-state index in [9.17, 15) is 9.59 Å². The SMILES string of the molecule is O=C(CNC(=O)c1ccc2c(c1)OCO2)N/N=C/c1cc(Br)ccc1OCc1ccccc1Cl. The topological polar surface area (TPSA) is 98.3 Å². The van der Waals surface area contributed by atoms with E-state index < -0.39 is 11.8 Å². The van der Waals surface area contributed by atoms with Crippen molar-refractivity contribution >= 4 is 45.6 Å². The van der Waals surface area contributed by atoms with E-state index in [4.69, 9.17) is 25.8 Å². The van der Waals surface area contributed by atoms with Crippen LogP contribution in [0.4, 0.5) is 0 Å². The molecule has 3 aromatic carbocycles. The number of hydrogen-bond acceptors (Lipinski definition) is 6. The lowest BCUT2D eigenvalue weighted by Crippen LogP contribution is -2.34. The van der Waals surface area contributed by atoms with Gasteiger partial charge in [-0.1, -0.05) is 45.7 Å². The predicted molar refractivity (Wildman–Crippen MR) is 131 cm³/mol. The molecule has 0 unspecified atom stereocenters. The van der Waals surface area contributed by atoms with Gasteiger partial charge in [0.1, 0.15) is 12.4 Å². The Morgan fingerprint density at radius 1 is 1.09 bits per heavy atom. The van der Waals surface area contributed by atoms with Gasteiger partial charge in [-0.3, -0.25) is 9.59 Å². The Labute approximate surface area is 209 Å². The molecule has 0 aromatic heterocycles. The Morgan fingerprint density at radius 3 is 2.76 bits per heavy atom. The minimum atomic E-state index is -0.487. The molecule has 0 bridgehead atoms. The first kappa shape index (κ1) is 23.6. The van der Waals surface area contributed by atoms with E-state index in [0.717, 1.165) is 10.0 Å². The van der Waals surface area contributed by atoms with Crippen LogP contribution in [0.15, 0.2) is 70.2 Å². The fourth-order valence-electron chi connectivity index (χ4n) is 3.04. The van der Waals surface area contributed by atoms with Crippen LogP contribution in [-0.2, 0) is 11.4 Å². The predicted octanol–water partition coefficient (Wildman–Crippen LogP) is 4.29. The third kappa shape index (κ3) is 6.06. The van der Waals surface area contributed by atoms with Crippen molar-refractivity contribution in [3.8, 4) is 17.2 Å². The second kappa shape index (κ2) is 11.0. The molecule has 0 atom stereocenters. The molecule has 3 aromatic rings. The highest BCUT2D eigenvalue weighted by atomic mass is 79.9. The molecule has 0 saturated carbocycles. The summed E-state index contributed by atoms with van der Waals surface area (Å²) in [6.07, 6.45) is 1.46. The van der Waals surface area contributed by atoms with Gasteiger partial charge in [0.15, 0.2) is 11.5 Å². The molecule has 0 aliphatic carbocycles. The smallest absolute Gasteiger partial charge is 0.259 e. The van der Waals surface area contributed by atoms with Crippen LogP contribution in [0.5, 0.6) is 17.2 Å². The minimum Gasteiger partial charge on any atom is -0.488 e. The van der Waals surface area contributed by atoms with Crippen LogP contribution in [-0.4, -0.2) is 31.4 Å². The van der Waals surface area contributed by atoms with Crippen molar-refractivity contribution < 1.29 is 23.8 Å². The number of benzene rings is 3. The summed E-state index contributed by atoms with van der Waals surface area (Å²) in [5.41, 5.74) is 4.24. The Hall–Kier alpha value is -3.56. The third-order valence-corrected chi connectivity index (χ3v) is 5.61. The van der Waals surface area contributed by atoms with Crippen molar-refractivity contribution in [1.29, 1.82) is 0 Å². The summed E-state index contributed by atoms with van der Waals surface area (Å²) in [7, 11) is 0. The standard InChI is InChI=1S/C24H19BrClN3O5/c25-18-6-8-20(32-13-16-3-1-2-4-19(16)26)17(9-18)11-28-29-23(30)12-27-24(31)15-5-7-21-22(10-15)34-14-33-21/h1-11H,12-14H2,(H,27,31)(H,29,30)/b28-11+. The van der Waals surface area contributed by atoms with E-state index in [1.807, 2.05) is 24.3 Å². The van der Waals surface area contributed by atoms with E-state index in [1.54, 1.807) is 36.4 Å². The molecule has 1 aliphatic rings. The zero-order valence-corrected chi connectivity index (χ0v) is 20.1. The van der Waals surface area contributed by atoms with E-state index in [-0.39, 0.29) is 19.9 Å². The molecule has 34 heavy (non-hydrogen) atoms. The highest BCUT2D eigenvalue weighted by molar-refractivity contribution is 9.10. The molecule has 0 fully saturated rings. The highest BCUT2D eigenvalue weighted by Crippen LogP contribution is 2.32. The number of nitrogens with zero attached hydrogens (tertiary/aromatic N) is 1. The lowest BCUT2D eigenvalue weighted by molar-refractivity contribution is -0.120. The molecule has 4 rings (SSSR count). The van der Waals surface area contributed by atoms with Gasteiger partial charge < -0.3 is 19.5 Å². The van der Waals surface area contributed by atoms with Crippen LogP contribution in [0.2, 0.25) is 5.02 Å². The second-order valence-corrected chi connectivity index (χ2v) is 8.43. The summed E-state index contributed by atoms with van der Waals surface area (Å²) >= 11 is 9.60. The first-order valence-corrected chi connectivity index (χ1v) is 11.3. The van der Waals surface area contributed by atoms with E-state index in [0.29, 0.717) is 33.4 Å². The summed E-state index contributed by atoms with van der Waals surface area (Å²) in [5, 5.41) is 7.13. The molecule has 0 radical (unpaired) electrons. The summed E-state index contributed by atoms with van der Waals surface area (Å²) in [4.78, 5) is 24.4. The Kier molecular flexibility index (Phi) is 7.66. The number of rotatable bonds is 8. The zero-order valence-electron chi connectivity index (χ0n) is 17.7. The van der Waals surface area contributed by atoms with Gasteiger partial charge in [0.05, 0.1) is 12.8 Å². The molecular weight excluding hydrogens is 526 g/mol. The molecule has 10 heteroatoms. The van der Waals surface area contributed by atoms with Gasteiger partial charge in [-0.25, -0.2) is 5.43 Å². The van der Waals surface area contributed by atoms with E-state index in [2.05, 4.69) is 31.8 Å². The molecule has 0 saturated heterocycles. The zero-order chi connectivity index (χ0) is 23.9. The summed E-state index contributed by atoms with van der Waals surface area (Å²) in [5.74, 6) is 0.727. The van der Waals surface area contributed by atoms with E-state index >= 15 is 0 Å². The molecule has 2 amide bonds. The maximum Gasteiger partial charge on any atom is 0.259 e. The van der Waals surface area contributed by atoms with Crippen LogP contribution in [0.1, 0.15) is 21.5 Å². The maximum absolute atomic E-state index is 12.3. The van der Waals surface area contributed by atoms with Crippen LogP contribution in [0.3, 0.4) is 0 Å². The number of nitrogens with one attached hydrogen (secondary N) is 2. The number of hydrazone groups is 1. The molecule has 174 valence electrons. The van der Waals surface area contributed by atoms with Crippen molar-refractivity contribution in [3.05, 3.63) is 86.8 Å². The van der Waals surface area contributed by atoms with Crippen LogP contribution in [0.25, 0.3) is 0 Å². The monoisotopic (exact) mass is 543 g/mol. The number of hydrogen-bond donors (Lipinski definition) is 2. The highest BCUT2D eigenvalue weighted by Gasteiger charge is 2.16. The normalized spacial score (nSPS) is 11.9. The summed E-state index contributed by atoms with van der Waals surface area (Å²) < 4.78 is 17.2. The lowest BCUT2D eigenvalue weighted by atomic mass is 10.2. The molecule has 2 N–H and O–H groups in total. The van der Waals surface area contributed by atoms with Gasteiger partial charge in [0.2, 0.25) is 6.79 Å². The molecule has 8 nitrogen and oxygen atoms in total. The van der Waals surface area contributed by atoms with Crippen LogP contribution >= 0.6 is 27.5 Å². The molecule has 1 heterocycles. The Morgan fingerprint density at radius 2 is 1.91 bits per heavy atom. The number of fused-ring (bicyclic) bond motifs is 1. The van der Waals surface area contributed by atoms with Gasteiger partial charge in [0.25, 0.3) is 11.8 Å². The van der Waals surface area contributed by atoms with Gasteiger partial charge in [-0.15, -0.1) is 0 Å². The van der Waals surface area contributed by atoms with Gasteiger partial charge in [-0.05, 0) is 42.5 Å². The fraction of sp³-hybridized carbons (Fsp3) is 0.125. The molecular formula is C24H19BrClN3O5. The largest absolute Gasteiger partial charge is 0.488 e. The average Bonchev–Trinajstić information content (AvgIpc) is 3.31. The number of carbonyl (C=O) groups is 2. The van der Waals surface area contributed by atoms with Gasteiger partial charge >= 0.3 is 0 Å². The second-order valence-electron chi connectivity index (χ2n) is 7.11. The summed E-state index contributed by atoms with van der Waals surface area (Å²) in [6, 6.07) is 17.6. The van der Waals surface area contributed by atoms with E-state index in [1.165, 1.54) is 6.21 Å². The fourth-order valence-corrected chi connectivity index (χ4v) is 3.61. The third-order valence-electron chi connectivity index (χ3n) is 4.75. The molecule has 1 aliphatic heterocycles. The van der Waals surface area contributed by atoms with Crippen LogP contribution < -0.4 is 25.0 Å². The van der Waals surface area contributed by atoms with Gasteiger partial charge in [0, 0.05) is 26.2 Å². The summed E-state index contributed by atoms with van der Waals surface area (Å²) in [6.45, 7) is 0.144. The first-order chi connectivity index (χ1) is 16.5. The van der Waals surface area contributed by atoms with Crippen LogP contribution in [0, 0.1) is 0 Å². The lowest BCUT2D eigenvalue weighted by Gasteiger charge is -2.10. The maximum atomic E-state index is 12.3. The van der Waals surface area contributed by atoms with Crippen molar-refractivity contribution in [2.24, 2.45) is 5.10 Å².